The zero-order valence-electron chi connectivity index (χ0n) is 33.2. The first-order chi connectivity index (χ1) is 29.0. The van der Waals surface area contributed by atoms with Crippen LogP contribution in [0.4, 0.5) is 17.1 Å². The molecule has 0 amide bonds. The SMILES string of the molecule is Cc1cc(C)c(B(c2ccccc2)c2ccc3c4c(cccc24)Oc2cc(N(c4ccccc4-c4ccccc4)c4cccc5c4sc4ccccc45)ccc2-3)c(C)c1. The molecule has 1 aromatic heterocycles. The Morgan fingerprint density at radius 3 is 1.98 bits per heavy atom. The van der Waals surface area contributed by atoms with Crippen LogP contribution in [-0.4, -0.2) is 6.71 Å². The fraction of sp³-hybridized carbons (Fsp3) is 0.0545. The van der Waals surface area contributed by atoms with E-state index in [-0.39, 0.29) is 6.71 Å². The van der Waals surface area contributed by atoms with Crippen molar-refractivity contribution in [1.29, 1.82) is 0 Å². The maximum atomic E-state index is 7.05. The largest absolute Gasteiger partial charge is 0.456 e. The van der Waals surface area contributed by atoms with Gasteiger partial charge in [0.1, 0.15) is 11.5 Å². The number of benzene rings is 9. The number of hydrogen-bond acceptors (Lipinski definition) is 3. The standard InChI is InChI=1S/C55H40BNOS/c1-35-32-36(2)54(37(3)33-35)56(39-18-8-5-9-19-39)47-31-30-44-42-29-28-40(34-51(42)58-50-26-15-23-46(47)53(44)50)57(48-24-12-10-20-41(48)38-16-6-4-7-17-38)49-25-14-22-45-43-21-11-13-27-52(43)59-55(45)49/h4-34H,1-3H3. The van der Waals surface area contributed by atoms with Crippen molar-refractivity contribution in [2.24, 2.45) is 0 Å². The molecule has 4 heteroatoms. The minimum Gasteiger partial charge on any atom is -0.456 e. The molecular weight excluding hydrogens is 733 g/mol. The van der Waals surface area contributed by atoms with Crippen molar-refractivity contribution >= 4 is 82.4 Å². The molecule has 1 aliphatic heterocycles. The van der Waals surface area contributed by atoms with E-state index in [0.29, 0.717) is 0 Å². The van der Waals surface area contributed by atoms with Crippen molar-refractivity contribution in [3.8, 4) is 33.8 Å². The molecule has 10 aromatic rings. The molecule has 0 atom stereocenters. The van der Waals surface area contributed by atoms with E-state index >= 15 is 0 Å². The Balaban J connectivity index is 1.10. The monoisotopic (exact) mass is 773 g/mol. The second-order valence-electron chi connectivity index (χ2n) is 15.8. The third-order valence-corrected chi connectivity index (χ3v) is 13.3. The van der Waals surface area contributed by atoms with Gasteiger partial charge in [-0.15, -0.1) is 11.3 Å². The van der Waals surface area contributed by atoms with Crippen molar-refractivity contribution in [3.05, 3.63) is 205 Å². The lowest BCUT2D eigenvalue weighted by molar-refractivity contribution is 0.487. The van der Waals surface area contributed by atoms with Crippen molar-refractivity contribution in [1.82, 2.24) is 0 Å². The topological polar surface area (TPSA) is 12.5 Å². The molecule has 0 radical (unpaired) electrons. The minimum absolute atomic E-state index is 0.0692. The zero-order chi connectivity index (χ0) is 39.6. The maximum absolute atomic E-state index is 7.05. The van der Waals surface area contributed by atoms with Crippen LogP contribution >= 0.6 is 11.3 Å². The first kappa shape index (κ1) is 35.3. The first-order valence-electron chi connectivity index (χ1n) is 20.4. The summed E-state index contributed by atoms with van der Waals surface area (Å²) < 4.78 is 9.59. The van der Waals surface area contributed by atoms with E-state index in [1.54, 1.807) is 0 Å². The van der Waals surface area contributed by atoms with Gasteiger partial charge in [-0.3, -0.25) is 0 Å². The lowest BCUT2D eigenvalue weighted by Crippen LogP contribution is -2.54. The molecular formula is C55H40BNOS. The van der Waals surface area contributed by atoms with Crippen LogP contribution in [0.2, 0.25) is 0 Å². The molecule has 0 saturated heterocycles. The molecule has 11 rings (SSSR count). The molecule has 1 aliphatic rings. The zero-order valence-corrected chi connectivity index (χ0v) is 34.1. The molecule has 0 saturated carbocycles. The highest BCUT2D eigenvalue weighted by atomic mass is 32.1. The normalized spacial score (nSPS) is 11.8. The van der Waals surface area contributed by atoms with E-state index in [9.17, 15) is 0 Å². The van der Waals surface area contributed by atoms with Crippen LogP contribution in [-0.2, 0) is 0 Å². The number of thiophene rings is 1. The summed E-state index contributed by atoms with van der Waals surface area (Å²) in [6, 6.07) is 68.6. The quantitative estimate of drug-likeness (QED) is 0.150. The fourth-order valence-corrected chi connectivity index (χ4v) is 10.9. The van der Waals surface area contributed by atoms with E-state index in [1.807, 2.05) is 11.3 Å². The number of hydrogen-bond donors (Lipinski definition) is 0. The summed E-state index contributed by atoms with van der Waals surface area (Å²) in [5, 5.41) is 4.93. The maximum Gasteiger partial charge on any atom is 0.242 e. The molecule has 0 fully saturated rings. The molecule has 280 valence electrons. The summed E-state index contributed by atoms with van der Waals surface area (Å²) in [7, 11) is 0. The molecule has 2 heterocycles. The van der Waals surface area contributed by atoms with E-state index in [1.165, 1.54) is 75.3 Å². The van der Waals surface area contributed by atoms with Gasteiger partial charge in [-0.25, -0.2) is 0 Å². The van der Waals surface area contributed by atoms with Gasteiger partial charge in [0.05, 0.1) is 16.1 Å². The molecule has 0 aliphatic carbocycles. The number of anilines is 3. The Hall–Kier alpha value is -6.88. The van der Waals surface area contributed by atoms with Crippen LogP contribution in [0.5, 0.6) is 11.5 Å². The number of aryl methyl sites for hydroxylation is 3. The molecule has 59 heavy (non-hydrogen) atoms. The van der Waals surface area contributed by atoms with Crippen LogP contribution in [0.15, 0.2) is 188 Å². The number of rotatable bonds is 7. The third kappa shape index (κ3) is 5.86. The minimum atomic E-state index is 0.0692. The summed E-state index contributed by atoms with van der Waals surface area (Å²) in [5.41, 5.74) is 15.8. The molecule has 0 N–H and O–H groups in total. The van der Waals surface area contributed by atoms with Gasteiger partial charge in [0, 0.05) is 43.7 Å². The van der Waals surface area contributed by atoms with Gasteiger partial charge >= 0.3 is 0 Å². The molecule has 9 aromatic carbocycles. The Morgan fingerprint density at radius 1 is 0.492 bits per heavy atom. The predicted octanol–water partition coefficient (Wildman–Crippen LogP) is 13.6. The Bertz CT molecular complexity index is 3220. The van der Waals surface area contributed by atoms with Crippen LogP contribution in [0.3, 0.4) is 0 Å². The lowest BCUT2D eigenvalue weighted by atomic mass is 9.35. The summed E-state index contributed by atoms with van der Waals surface area (Å²) in [6.45, 7) is 6.78. The third-order valence-electron chi connectivity index (χ3n) is 12.1. The second-order valence-corrected chi connectivity index (χ2v) is 16.8. The van der Waals surface area contributed by atoms with Crippen LogP contribution in [0, 0.1) is 20.8 Å². The highest BCUT2D eigenvalue weighted by Crippen LogP contribution is 2.51. The van der Waals surface area contributed by atoms with Gasteiger partial charge in [0.15, 0.2) is 0 Å². The van der Waals surface area contributed by atoms with Gasteiger partial charge in [0.25, 0.3) is 0 Å². The van der Waals surface area contributed by atoms with Crippen LogP contribution in [0.25, 0.3) is 53.2 Å². The lowest BCUT2D eigenvalue weighted by Gasteiger charge is -2.30. The van der Waals surface area contributed by atoms with E-state index in [4.69, 9.17) is 4.74 Å². The Kier molecular flexibility index (Phi) is 8.49. The molecule has 0 unspecified atom stereocenters. The first-order valence-corrected chi connectivity index (χ1v) is 21.2. The van der Waals surface area contributed by atoms with Gasteiger partial charge in [0.2, 0.25) is 6.71 Å². The van der Waals surface area contributed by atoms with Gasteiger partial charge in [-0.05, 0) is 73.7 Å². The smallest absolute Gasteiger partial charge is 0.242 e. The van der Waals surface area contributed by atoms with Gasteiger partial charge < -0.3 is 9.64 Å². The van der Waals surface area contributed by atoms with Gasteiger partial charge in [-0.2, -0.15) is 0 Å². The van der Waals surface area contributed by atoms with Crippen LogP contribution in [0.1, 0.15) is 16.7 Å². The van der Waals surface area contributed by atoms with E-state index < -0.39 is 0 Å². The highest BCUT2D eigenvalue weighted by Gasteiger charge is 2.30. The number of para-hydroxylation sites is 1. The summed E-state index contributed by atoms with van der Waals surface area (Å²) in [4.78, 5) is 2.43. The summed E-state index contributed by atoms with van der Waals surface area (Å²) >= 11 is 1.85. The van der Waals surface area contributed by atoms with Crippen molar-refractivity contribution in [3.63, 3.8) is 0 Å². The molecule has 0 spiro atoms. The average Bonchev–Trinajstić information content (AvgIpc) is 3.66. The Labute approximate surface area is 349 Å². The number of ether oxygens (including phenoxy) is 1. The van der Waals surface area contributed by atoms with Gasteiger partial charge in [-0.1, -0.05) is 179 Å². The summed E-state index contributed by atoms with van der Waals surface area (Å²) in [5.74, 6) is 1.74. The summed E-state index contributed by atoms with van der Waals surface area (Å²) in [6.07, 6.45) is 0. The van der Waals surface area contributed by atoms with Crippen molar-refractivity contribution in [2.45, 2.75) is 20.8 Å². The average molecular weight is 774 g/mol. The highest BCUT2D eigenvalue weighted by molar-refractivity contribution is 7.26. The predicted molar refractivity (Wildman–Crippen MR) is 254 cm³/mol. The van der Waals surface area contributed by atoms with Crippen LogP contribution < -0.4 is 26.0 Å². The number of fused-ring (bicyclic) bond motifs is 5. The van der Waals surface area contributed by atoms with E-state index in [2.05, 4.69) is 214 Å². The van der Waals surface area contributed by atoms with Crippen molar-refractivity contribution < 1.29 is 4.74 Å². The molecule has 0 bridgehead atoms. The van der Waals surface area contributed by atoms with Crippen molar-refractivity contribution in [2.75, 3.05) is 4.90 Å². The number of nitrogens with zero attached hydrogens (tertiary/aromatic N) is 1. The Morgan fingerprint density at radius 2 is 1.15 bits per heavy atom. The van der Waals surface area contributed by atoms with E-state index in [0.717, 1.165) is 39.5 Å². The fourth-order valence-electron chi connectivity index (χ4n) is 9.67. The molecule has 2 nitrogen and oxygen atoms in total. The second kappa shape index (κ2) is 14.2.